The number of halogens is 1. The van der Waals surface area contributed by atoms with Gasteiger partial charge >= 0.3 is 6.03 Å². The van der Waals surface area contributed by atoms with Crippen LogP contribution in [0.1, 0.15) is 63.0 Å². The molecule has 0 atom stereocenters. The number of anilines is 1. The molecule has 1 aromatic carbocycles. The zero-order valence-corrected chi connectivity index (χ0v) is 16.2. The van der Waals surface area contributed by atoms with Crippen LogP contribution < -0.4 is 10.2 Å². The Morgan fingerprint density at radius 1 is 1.14 bits per heavy atom. The van der Waals surface area contributed by atoms with E-state index in [-0.39, 0.29) is 24.4 Å². The first-order valence-corrected chi connectivity index (χ1v) is 10.5. The number of carbonyl (C=O) groups excluding carboxylic acids is 1. The number of rotatable bonds is 4. The Morgan fingerprint density at radius 2 is 1.96 bits per heavy atom. The van der Waals surface area contributed by atoms with Crippen molar-refractivity contribution < 1.29 is 9.18 Å². The van der Waals surface area contributed by atoms with Gasteiger partial charge in [0.15, 0.2) is 5.82 Å². The minimum absolute atomic E-state index is 0.188. The van der Waals surface area contributed by atoms with Crippen molar-refractivity contribution in [1.29, 1.82) is 0 Å². The number of nitrogens with one attached hydrogen (secondary N) is 1. The summed E-state index contributed by atoms with van der Waals surface area (Å²) in [6.45, 7) is 1.16. The lowest BCUT2D eigenvalue weighted by Gasteiger charge is -2.28. The van der Waals surface area contributed by atoms with Crippen LogP contribution in [0, 0.1) is 5.82 Å². The molecular formula is C21H28FN5O. The normalized spacial score (nSPS) is 17.6. The highest BCUT2D eigenvalue weighted by atomic mass is 19.1. The molecule has 0 unspecified atom stereocenters. The van der Waals surface area contributed by atoms with Crippen molar-refractivity contribution in [3.05, 3.63) is 41.7 Å². The summed E-state index contributed by atoms with van der Waals surface area (Å²) in [4.78, 5) is 14.7. The maximum Gasteiger partial charge on any atom is 0.322 e. The average molecular weight is 385 g/mol. The fourth-order valence-corrected chi connectivity index (χ4v) is 4.23. The molecule has 2 amide bonds. The maximum absolute atomic E-state index is 13.9. The van der Waals surface area contributed by atoms with Gasteiger partial charge in [0.25, 0.3) is 0 Å². The number of urea groups is 1. The Morgan fingerprint density at radius 3 is 2.79 bits per heavy atom. The molecule has 1 N–H and O–H groups in total. The summed E-state index contributed by atoms with van der Waals surface area (Å²) in [5, 5.41) is 11.8. The Kier molecular flexibility index (Phi) is 5.88. The van der Waals surface area contributed by atoms with Gasteiger partial charge in [0.1, 0.15) is 11.6 Å². The van der Waals surface area contributed by atoms with Gasteiger partial charge in [-0.05, 0) is 43.9 Å². The predicted octanol–water partition coefficient (Wildman–Crippen LogP) is 4.19. The van der Waals surface area contributed by atoms with Gasteiger partial charge < -0.3 is 9.88 Å². The number of hydrogen-bond acceptors (Lipinski definition) is 3. The summed E-state index contributed by atoms with van der Waals surface area (Å²) in [5.74, 6) is 1.40. The molecule has 150 valence electrons. The smallest absolute Gasteiger partial charge is 0.322 e. The molecule has 0 spiro atoms. The molecule has 4 rings (SSSR count). The average Bonchev–Trinajstić information content (AvgIpc) is 2.92. The molecule has 1 fully saturated rings. The van der Waals surface area contributed by atoms with Gasteiger partial charge in [-0.2, -0.15) is 0 Å². The van der Waals surface area contributed by atoms with Crippen LogP contribution >= 0.6 is 0 Å². The van der Waals surface area contributed by atoms with E-state index < -0.39 is 0 Å². The van der Waals surface area contributed by atoms with E-state index in [1.54, 1.807) is 17.0 Å². The van der Waals surface area contributed by atoms with Crippen LogP contribution in [-0.2, 0) is 19.5 Å². The van der Waals surface area contributed by atoms with E-state index in [0.29, 0.717) is 5.69 Å². The number of fused-ring (bicyclic) bond motifs is 1. The Balaban J connectivity index is 1.58. The molecule has 0 bridgehead atoms. The van der Waals surface area contributed by atoms with Gasteiger partial charge in [0.05, 0.1) is 6.54 Å². The first-order chi connectivity index (χ1) is 13.7. The highest BCUT2D eigenvalue weighted by Gasteiger charge is 2.24. The summed E-state index contributed by atoms with van der Waals surface area (Å²) >= 11 is 0. The lowest BCUT2D eigenvalue weighted by Crippen LogP contribution is -2.45. The van der Waals surface area contributed by atoms with Crippen LogP contribution in [-0.4, -0.2) is 26.8 Å². The van der Waals surface area contributed by atoms with Gasteiger partial charge in [-0.25, -0.2) is 9.18 Å². The summed E-state index contributed by atoms with van der Waals surface area (Å²) in [6.07, 6.45) is 9.82. The van der Waals surface area contributed by atoms with Crippen LogP contribution in [0.15, 0.2) is 24.3 Å². The highest BCUT2D eigenvalue weighted by molar-refractivity contribution is 5.92. The lowest BCUT2D eigenvalue weighted by molar-refractivity contribution is 0.237. The highest BCUT2D eigenvalue weighted by Crippen LogP contribution is 2.22. The van der Waals surface area contributed by atoms with Crippen LogP contribution in [0.4, 0.5) is 14.9 Å². The molecule has 1 aliphatic heterocycles. The van der Waals surface area contributed by atoms with Crippen molar-refractivity contribution in [2.45, 2.75) is 76.9 Å². The summed E-state index contributed by atoms with van der Waals surface area (Å²) in [6, 6.07) is 6.19. The third kappa shape index (κ3) is 4.34. The van der Waals surface area contributed by atoms with Crippen molar-refractivity contribution in [2.24, 2.45) is 0 Å². The quantitative estimate of drug-likeness (QED) is 0.858. The van der Waals surface area contributed by atoms with E-state index in [0.717, 1.165) is 63.1 Å². The van der Waals surface area contributed by atoms with E-state index in [9.17, 15) is 9.18 Å². The maximum atomic E-state index is 13.9. The number of nitrogens with zero attached hydrogens (tertiary/aromatic N) is 4. The molecule has 1 aliphatic carbocycles. The number of amides is 2. The van der Waals surface area contributed by atoms with Crippen LogP contribution in [0.2, 0.25) is 0 Å². The van der Waals surface area contributed by atoms with Gasteiger partial charge in [0.2, 0.25) is 0 Å². The molecule has 7 heteroatoms. The minimum atomic E-state index is -0.354. The number of aromatic nitrogens is 3. The van der Waals surface area contributed by atoms with Gasteiger partial charge in [-0.3, -0.25) is 4.90 Å². The lowest BCUT2D eigenvalue weighted by atomic mass is 9.96. The molecule has 2 heterocycles. The third-order valence-electron chi connectivity index (χ3n) is 5.78. The molecule has 1 aromatic heterocycles. The SMILES string of the molecule is O=C(NC1CCCCC1)N(Cc1nnc2n1CCCCC2)c1cccc(F)c1. The molecule has 0 radical (unpaired) electrons. The summed E-state index contributed by atoms with van der Waals surface area (Å²) in [7, 11) is 0. The van der Waals surface area contributed by atoms with Gasteiger partial charge in [-0.1, -0.05) is 31.7 Å². The van der Waals surface area contributed by atoms with Crippen molar-refractivity contribution in [2.75, 3.05) is 4.90 Å². The van der Waals surface area contributed by atoms with Crippen molar-refractivity contribution in [3.8, 4) is 0 Å². The topological polar surface area (TPSA) is 63.1 Å². The van der Waals surface area contributed by atoms with Crippen LogP contribution in [0.5, 0.6) is 0 Å². The van der Waals surface area contributed by atoms with E-state index in [1.165, 1.54) is 25.0 Å². The number of hydrogen-bond donors (Lipinski definition) is 1. The molecule has 2 aromatic rings. The van der Waals surface area contributed by atoms with E-state index >= 15 is 0 Å². The third-order valence-corrected chi connectivity index (χ3v) is 5.78. The van der Waals surface area contributed by atoms with Crippen LogP contribution in [0.3, 0.4) is 0 Å². The zero-order chi connectivity index (χ0) is 19.3. The zero-order valence-electron chi connectivity index (χ0n) is 16.2. The van der Waals surface area contributed by atoms with E-state index in [1.807, 2.05) is 0 Å². The standard InChI is InChI=1S/C21H28FN5O/c22-16-8-7-11-18(14-16)27(21(28)23-17-9-3-1-4-10-17)15-20-25-24-19-12-5-2-6-13-26(19)20/h7-8,11,14,17H,1-6,9-10,12-13,15H2,(H,23,28). The van der Waals surface area contributed by atoms with Crippen molar-refractivity contribution >= 4 is 11.7 Å². The van der Waals surface area contributed by atoms with Gasteiger partial charge in [0, 0.05) is 24.7 Å². The predicted molar refractivity (Wildman–Crippen MR) is 106 cm³/mol. The molecular weight excluding hydrogens is 357 g/mol. The Labute approximate surface area is 165 Å². The fraction of sp³-hybridized carbons (Fsp3) is 0.571. The first kappa shape index (κ1) is 18.9. The minimum Gasteiger partial charge on any atom is -0.335 e. The first-order valence-electron chi connectivity index (χ1n) is 10.5. The van der Waals surface area contributed by atoms with Crippen LogP contribution in [0.25, 0.3) is 0 Å². The molecule has 6 nitrogen and oxygen atoms in total. The number of aryl methyl sites for hydroxylation is 1. The number of benzene rings is 1. The molecule has 0 saturated heterocycles. The fourth-order valence-electron chi connectivity index (χ4n) is 4.23. The second-order valence-electron chi connectivity index (χ2n) is 7.85. The second kappa shape index (κ2) is 8.71. The summed E-state index contributed by atoms with van der Waals surface area (Å²) < 4.78 is 16.0. The Hall–Kier alpha value is -2.44. The van der Waals surface area contributed by atoms with Crippen molar-refractivity contribution in [1.82, 2.24) is 20.1 Å². The second-order valence-corrected chi connectivity index (χ2v) is 7.85. The van der Waals surface area contributed by atoms with E-state index in [4.69, 9.17) is 0 Å². The largest absolute Gasteiger partial charge is 0.335 e. The van der Waals surface area contributed by atoms with Crippen molar-refractivity contribution in [3.63, 3.8) is 0 Å². The molecule has 1 saturated carbocycles. The van der Waals surface area contributed by atoms with Gasteiger partial charge in [-0.15, -0.1) is 10.2 Å². The molecule has 28 heavy (non-hydrogen) atoms. The van der Waals surface area contributed by atoms with E-state index in [2.05, 4.69) is 20.1 Å². The summed E-state index contributed by atoms with van der Waals surface area (Å²) in [5.41, 5.74) is 0.541. The Bertz CT molecular complexity index is 815. The number of carbonyl (C=O) groups is 1. The molecule has 2 aliphatic rings. The monoisotopic (exact) mass is 385 g/mol.